The zero-order valence-corrected chi connectivity index (χ0v) is 17.5. The molecular formula is C20H32N2O4S. The van der Waals surface area contributed by atoms with E-state index in [0.29, 0.717) is 24.5 Å². The van der Waals surface area contributed by atoms with Crippen LogP contribution in [0.15, 0.2) is 23.1 Å². The summed E-state index contributed by atoms with van der Waals surface area (Å²) in [6, 6.07) is 4.82. The van der Waals surface area contributed by atoms with Gasteiger partial charge in [0, 0.05) is 24.7 Å². The van der Waals surface area contributed by atoms with E-state index >= 15 is 0 Å². The second kappa shape index (κ2) is 10.1. The lowest BCUT2D eigenvalue weighted by Crippen LogP contribution is -2.35. The van der Waals surface area contributed by atoms with Crippen molar-refractivity contribution < 1.29 is 17.9 Å². The highest BCUT2D eigenvalue weighted by Gasteiger charge is 2.29. The average molecular weight is 397 g/mol. The molecular weight excluding hydrogens is 364 g/mol. The zero-order chi connectivity index (χ0) is 19.9. The summed E-state index contributed by atoms with van der Waals surface area (Å²) in [5, 5.41) is 2.89. The van der Waals surface area contributed by atoms with E-state index in [1.807, 2.05) is 6.92 Å². The Kier molecular flexibility index (Phi) is 8.10. The number of nitrogens with one attached hydrogen (secondary N) is 1. The molecule has 1 N–H and O–H groups in total. The molecule has 1 saturated heterocycles. The summed E-state index contributed by atoms with van der Waals surface area (Å²) in [4.78, 5) is 12.7. The van der Waals surface area contributed by atoms with Crippen molar-refractivity contribution >= 4 is 21.6 Å². The predicted octanol–water partition coefficient (Wildman–Crippen LogP) is 4.02. The van der Waals surface area contributed by atoms with E-state index < -0.39 is 10.0 Å². The summed E-state index contributed by atoms with van der Waals surface area (Å²) >= 11 is 0. The number of carbonyl (C=O) groups excluding carboxylic acids is 1. The van der Waals surface area contributed by atoms with Gasteiger partial charge in [0.1, 0.15) is 10.6 Å². The first kappa shape index (κ1) is 21.7. The van der Waals surface area contributed by atoms with Gasteiger partial charge in [-0.15, -0.1) is 0 Å². The van der Waals surface area contributed by atoms with Gasteiger partial charge in [0.25, 0.3) is 0 Å². The number of ether oxygens (including phenoxy) is 1. The van der Waals surface area contributed by atoms with Gasteiger partial charge in [-0.1, -0.05) is 33.1 Å². The number of amides is 1. The first-order valence-electron chi connectivity index (χ1n) is 9.93. The Morgan fingerprint density at radius 1 is 1.22 bits per heavy atom. The number of hydrogen-bond acceptors (Lipinski definition) is 4. The molecule has 152 valence electrons. The van der Waals surface area contributed by atoms with Gasteiger partial charge in [0.2, 0.25) is 15.9 Å². The maximum Gasteiger partial charge on any atom is 0.246 e. The van der Waals surface area contributed by atoms with Crippen LogP contribution in [-0.4, -0.2) is 38.8 Å². The van der Waals surface area contributed by atoms with E-state index in [0.717, 1.165) is 44.9 Å². The zero-order valence-electron chi connectivity index (χ0n) is 16.7. The van der Waals surface area contributed by atoms with E-state index in [2.05, 4.69) is 12.2 Å². The van der Waals surface area contributed by atoms with Crippen LogP contribution in [0.4, 0.5) is 5.69 Å². The number of hydrogen-bond donors (Lipinski definition) is 1. The monoisotopic (exact) mass is 396 g/mol. The molecule has 1 unspecified atom stereocenters. The summed E-state index contributed by atoms with van der Waals surface area (Å²) < 4.78 is 32.9. The van der Waals surface area contributed by atoms with Gasteiger partial charge in [0.05, 0.1) is 7.11 Å². The summed E-state index contributed by atoms with van der Waals surface area (Å²) in [7, 11) is -2.19. The van der Waals surface area contributed by atoms with Crippen LogP contribution in [0, 0.1) is 5.92 Å². The number of sulfonamides is 1. The van der Waals surface area contributed by atoms with Gasteiger partial charge < -0.3 is 10.1 Å². The molecule has 0 radical (unpaired) electrons. The Hall–Kier alpha value is -1.60. The van der Waals surface area contributed by atoms with Crippen LogP contribution in [0.2, 0.25) is 0 Å². The molecule has 1 aromatic carbocycles. The van der Waals surface area contributed by atoms with Gasteiger partial charge in [-0.25, -0.2) is 8.42 Å². The van der Waals surface area contributed by atoms with Crippen LogP contribution < -0.4 is 10.1 Å². The average Bonchev–Trinajstić information content (AvgIpc) is 2.69. The molecule has 0 saturated carbocycles. The van der Waals surface area contributed by atoms with Crippen molar-refractivity contribution in [3.8, 4) is 5.75 Å². The van der Waals surface area contributed by atoms with Crippen molar-refractivity contribution in [2.24, 2.45) is 5.92 Å². The van der Waals surface area contributed by atoms with E-state index in [1.54, 1.807) is 12.1 Å². The summed E-state index contributed by atoms with van der Waals surface area (Å²) in [6.07, 6.45) is 6.44. The van der Waals surface area contributed by atoms with E-state index in [-0.39, 0.29) is 16.7 Å². The molecule has 1 aliphatic heterocycles. The molecule has 7 heteroatoms. The minimum atomic E-state index is -3.65. The van der Waals surface area contributed by atoms with Gasteiger partial charge in [0.15, 0.2) is 0 Å². The van der Waals surface area contributed by atoms with E-state index in [4.69, 9.17) is 4.74 Å². The fourth-order valence-corrected chi connectivity index (χ4v) is 5.11. The van der Waals surface area contributed by atoms with Gasteiger partial charge in [-0.3, -0.25) is 4.79 Å². The fourth-order valence-electron chi connectivity index (χ4n) is 3.42. The largest absolute Gasteiger partial charge is 0.495 e. The molecule has 1 aromatic rings. The number of anilines is 1. The normalized spacial score (nSPS) is 16.7. The highest BCUT2D eigenvalue weighted by molar-refractivity contribution is 7.89. The van der Waals surface area contributed by atoms with Gasteiger partial charge >= 0.3 is 0 Å². The second-order valence-electron chi connectivity index (χ2n) is 7.07. The van der Waals surface area contributed by atoms with E-state index in [9.17, 15) is 13.2 Å². The van der Waals surface area contributed by atoms with Crippen molar-refractivity contribution in [3.63, 3.8) is 0 Å². The molecule has 1 aliphatic rings. The number of carbonyl (C=O) groups is 1. The minimum Gasteiger partial charge on any atom is -0.495 e. The summed E-state index contributed by atoms with van der Waals surface area (Å²) in [6.45, 7) is 5.15. The summed E-state index contributed by atoms with van der Waals surface area (Å²) in [5.74, 6) is 0.184. The first-order valence-corrected chi connectivity index (χ1v) is 11.4. The van der Waals surface area contributed by atoms with Gasteiger partial charge in [-0.05, 0) is 43.9 Å². The van der Waals surface area contributed by atoms with Crippen LogP contribution in [0.25, 0.3) is 0 Å². The Morgan fingerprint density at radius 3 is 2.52 bits per heavy atom. The SMILES string of the molecule is CCCCC(CC)C(=O)Nc1ccc(OC)c(S(=O)(=O)N2CCCCC2)c1. The lowest BCUT2D eigenvalue weighted by molar-refractivity contribution is -0.120. The second-order valence-corrected chi connectivity index (χ2v) is 8.97. The smallest absolute Gasteiger partial charge is 0.246 e. The lowest BCUT2D eigenvalue weighted by atomic mass is 9.98. The molecule has 0 bridgehead atoms. The fraction of sp³-hybridized carbons (Fsp3) is 0.650. The van der Waals surface area contributed by atoms with Crippen LogP contribution in [0.3, 0.4) is 0 Å². The number of piperidine rings is 1. The van der Waals surface area contributed by atoms with Crippen LogP contribution >= 0.6 is 0 Å². The predicted molar refractivity (Wildman–Crippen MR) is 108 cm³/mol. The third-order valence-corrected chi connectivity index (χ3v) is 7.05. The van der Waals surface area contributed by atoms with Crippen LogP contribution in [-0.2, 0) is 14.8 Å². The first-order chi connectivity index (χ1) is 12.9. The van der Waals surface area contributed by atoms with Crippen molar-refractivity contribution in [2.75, 3.05) is 25.5 Å². The molecule has 0 spiro atoms. The maximum absolute atomic E-state index is 13.1. The molecule has 1 atom stereocenters. The molecule has 2 rings (SSSR count). The summed E-state index contributed by atoms with van der Waals surface area (Å²) in [5.41, 5.74) is 0.492. The minimum absolute atomic E-state index is 0.0579. The molecule has 6 nitrogen and oxygen atoms in total. The number of rotatable bonds is 9. The third kappa shape index (κ3) is 5.45. The van der Waals surface area contributed by atoms with Crippen molar-refractivity contribution in [1.82, 2.24) is 4.31 Å². The van der Waals surface area contributed by atoms with Gasteiger partial charge in [-0.2, -0.15) is 4.31 Å². The van der Waals surface area contributed by atoms with E-state index in [1.165, 1.54) is 17.5 Å². The van der Waals surface area contributed by atoms with Crippen molar-refractivity contribution in [3.05, 3.63) is 18.2 Å². The van der Waals surface area contributed by atoms with Crippen LogP contribution in [0.5, 0.6) is 5.75 Å². The Labute approximate surface area is 163 Å². The molecule has 0 aromatic heterocycles. The Morgan fingerprint density at radius 2 is 1.93 bits per heavy atom. The number of methoxy groups -OCH3 is 1. The molecule has 1 amide bonds. The topological polar surface area (TPSA) is 75.7 Å². The number of benzene rings is 1. The number of nitrogens with zero attached hydrogens (tertiary/aromatic N) is 1. The molecule has 1 fully saturated rings. The number of unbranched alkanes of at least 4 members (excludes halogenated alkanes) is 1. The molecule has 1 heterocycles. The lowest BCUT2D eigenvalue weighted by Gasteiger charge is -2.26. The quantitative estimate of drug-likeness (QED) is 0.684. The Bertz CT molecular complexity index is 727. The maximum atomic E-state index is 13.1. The van der Waals surface area contributed by atoms with Crippen molar-refractivity contribution in [1.29, 1.82) is 0 Å². The highest BCUT2D eigenvalue weighted by atomic mass is 32.2. The standard InChI is InChI=1S/C20H32N2O4S/c1-4-6-10-16(5-2)20(23)21-17-11-12-18(26-3)19(15-17)27(24,25)22-13-8-7-9-14-22/h11-12,15-16H,4-10,13-14H2,1-3H3,(H,21,23). The third-order valence-electron chi connectivity index (χ3n) is 5.13. The Balaban J connectivity index is 2.25. The highest BCUT2D eigenvalue weighted by Crippen LogP contribution is 2.31. The van der Waals surface area contributed by atoms with Crippen molar-refractivity contribution in [2.45, 2.75) is 63.7 Å². The molecule has 0 aliphatic carbocycles. The molecule has 27 heavy (non-hydrogen) atoms. The van der Waals surface area contributed by atoms with Crippen LogP contribution in [0.1, 0.15) is 58.8 Å².